The van der Waals surface area contributed by atoms with Crippen molar-refractivity contribution in [3.63, 3.8) is 0 Å². The maximum atomic E-state index is 6.04. The summed E-state index contributed by atoms with van der Waals surface area (Å²) < 4.78 is 0. The van der Waals surface area contributed by atoms with Gasteiger partial charge in [-0.15, -0.1) is 0 Å². The van der Waals surface area contributed by atoms with Crippen molar-refractivity contribution in [2.24, 2.45) is 5.73 Å². The van der Waals surface area contributed by atoms with Gasteiger partial charge in [0, 0.05) is 36.7 Å². The summed E-state index contributed by atoms with van der Waals surface area (Å²) in [6.07, 6.45) is 1.14. The molecule has 3 heteroatoms. The van der Waals surface area contributed by atoms with Crippen LogP contribution in [0.25, 0.3) is 0 Å². The highest BCUT2D eigenvalue weighted by Crippen LogP contribution is 2.30. The van der Waals surface area contributed by atoms with Crippen molar-refractivity contribution in [3.05, 3.63) is 35.9 Å². The predicted molar refractivity (Wildman–Crippen MR) is 76.3 cm³/mol. The van der Waals surface area contributed by atoms with Crippen molar-refractivity contribution in [1.29, 1.82) is 0 Å². The van der Waals surface area contributed by atoms with Gasteiger partial charge in [0.1, 0.15) is 0 Å². The van der Waals surface area contributed by atoms with E-state index < -0.39 is 0 Å². The highest BCUT2D eigenvalue weighted by Gasteiger charge is 2.36. The van der Waals surface area contributed by atoms with E-state index in [-0.39, 0.29) is 5.54 Å². The minimum atomic E-state index is 0.207. The molecule has 2 nitrogen and oxygen atoms in total. The largest absolute Gasteiger partial charge is 0.329 e. The molecule has 0 bridgehead atoms. The molecular weight excluding hydrogens is 228 g/mol. The van der Waals surface area contributed by atoms with E-state index in [0.717, 1.165) is 26.1 Å². The van der Waals surface area contributed by atoms with Crippen LogP contribution in [0.1, 0.15) is 18.9 Å². The molecule has 1 aliphatic heterocycles. The second kappa shape index (κ2) is 5.89. The van der Waals surface area contributed by atoms with E-state index in [4.69, 9.17) is 5.73 Å². The lowest BCUT2D eigenvalue weighted by Crippen LogP contribution is -2.58. The molecule has 94 valence electrons. The minimum absolute atomic E-state index is 0.207. The summed E-state index contributed by atoms with van der Waals surface area (Å²) in [5.74, 6) is 2.40. The topological polar surface area (TPSA) is 29.3 Å². The van der Waals surface area contributed by atoms with Gasteiger partial charge in [0.2, 0.25) is 0 Å². The molecule has 1 aliphatic rings. The Morgan fingerprint density at radius 3 is 2.76 bits per heavy atom. The number of nitrogens with zero attached hydrogens (tertiary/aromatic N) is 1. The maximum Gasteiger partial charge on any atom is 0.0423 e. The fraction of sp³-hybridized carbons (Fsp3) is 0.571. The Balaban J connectivity index is 2.12. The fourth-order valence-electron chi connectivity index (χ4n) is 2.47. The first-order chi connectivity index (χ1) is 8.30. The first kappa shape index (κ1) is 12.9. The zero-order valence-corrected chi connectivity index (χ0v) is 11.4. The van der Waals surface area contributed by atoms with Gasteiger partial charge in [0.05, 0.1) is 0 Å². The first-order valence-electron chi connectivity index (χ1n) is 6.37. The SMILES string of the molecule is CCC1(CN)CSCCN1Cc1ccccc1. The van der Waals surface area contributed by atoms with Gasteiger partial charge < -0.3 is 5.73 Å². The molecule has 1 unspecified atom stereocenters. The molecule has 0 aromatic heterocycles. The van der Waals surface area contributed by atoms with Crippen LogP contribution in [0.4, 0.5) is 0 Å². The average molecular weight is 250 g/mol. The summed E-state index contributed by atoms with van der Waals surface area (Å²) in [7, 11) is 0. The van der Waals surface area contributed by atoms with Crippen LogP contribution >= 0.6 is 11.8 Å². The second-order valence-electron chi connectivity index (χ2n) is 4.74. The van der Waals surface area contributed by atoms with Gasteiger partial charge in [0.15, 0.2) is 0 Å². The van der Waals surface area contributed by atoms with Crippen LogP contribution in [0, 0.1) is 0 Å². The van der Waals surface area contributed by atoms with Crippen LogP contribution in [-0.2, 0) is 6.54 Å². The van der Waals surface area contributed by atoms with E-state index in [2.05, 4.69) is 42.2 Å². The Kier molecular flexibility index (Phi) is 4.48. The van der Waals surface area contributed by atoms with Crippen molar-refractivity contribution < 1.29 is 0 Å². The van der Waals surface area contributed by atoms with Crippen LogP contribution < -0.4 is 5.73 Å². The Morgan fingerprint density at radius 2 is 2.12 bits per heavy atom. The molecule has 0 amide bonds. The van der Waals surface area contributed by atoms with Gasteiger partial charge in [-0.25, -0.2) is 0 Å². The Hall–Kier alpha value is -0.510. The van der Waals surface area contributed by atoms with Crippen LogP contribution in [0.5, 0.6) is 0 Å². The van der Waals surface area contributed by atoms with Gasteiger partial charge in [0.25, 0.3) is 0 Å². The monoisotopic (exact) mass is 250 g/mol. The van der Waals surface area contributed by atoms with Crippen molar-refractivity contribution in [3.8, 4) is 0 Å². The molecule has 0 spiro atoms. The summed E-state index contributed by atoms with van der Waals surface area (Å²) in [6.45, 7) is 5.22. The van der Waals surface area contributed by atoms with Gasteiger partial charge >= 0.3 is 0 Å². The molecule has 1 fully saturated rings. The number of hydrogen-bond donors (Lipinski definition) is 1. The first-order valence-corrected chi connectivity index (χ1v) is 7.53. The van der Waals surface area contributed by atoms with Crippen molar-refractivity contribution in [2.45, 2.75) is 25.4 Å². The summed E-state index contributed by atoms with van der Waals surface area (Å²) in [5, 5.41) is 0. The number of nitrogens with two attached hydrogens (primary N) is 1. The Bertz CT molecular complexity index is 335. The van der Waals surface area contributed by atoms with E-state index in [1.165, 1.54) is 17.1 Å². The fourth-order valence-corrected chi connectivity index (χ4v) is 3.85. The zero-order valence-electron chi connectivity index (χ0n) is 10.6. The predicted octanol–water partition coefficient (Wildman–Crippen LogP) is 2.34. The quantitative estimate of drug-likeness (QED) is 0.889. The van der Waals surface area contributed by atoms with Gasteiger partial charge in [-0.1, -0.05) is 37.3 Å². The molecular formula is C14H22N2S. The summed E-state index contributed by atoms with van der Waals surface area (Å²) >= 11 is 2.04. The van der Waals surface area contributed by atoms with E-state index in [9.17, 15) is 0 Å². The minimum Gasteiger partial charge on any atom is -0.329 e. The van der Waals surface area contributed by atoms with Crippen LogP contribution in [0.3, 0.4) is 0 Å². The lowest BCUT2D eigenvalue weighted by molar-refractivity contribution is 0.104. The molecule has 0 aliphatic carbocycles. The molecule has 0 radical (unpaired) electrons. The van der Waals surface area contributed by atoms with Gasteiger partial charge in [-0.2, -0.15) is 11.8 Å². The molecule has 2 rings (SSSR count). The van der Waals surface area contributed by atoms with E-state index in [1.54, 1.807) is 0 Å². The Morgan fingerprint density at radius 1 is 1.35 bits per heavy atom. The van der Waals surface area contributed by atoms with Crippen molar-refractivity contribution >= 4 is 11.8 Å². The number of benzene rings is 1. The molecule has 1 heterocycles. The van der Waals surface area contributed by atoms with Gasteiger partial charge in [-0.3, -0.25) is 4.90 Å². The molecule has 1 aromatic carbocycles. The van der Waals surface area contributed by atoms with E-state index in [0.29, 0.717) is 0 Å². The van der Waals surface area contributed by atoms with Crippen LogP contribution in [0.15, 0.2) is 30.3 Å². The Labute approximate surface area is 109 Å². The molecule has 1 saturated heterocycles. The average Bonchev–Trinajstić information content (AvgIpc) is 2.41. The normalized spacial score (nSPS) is 26.0. The third-order valence-electron chi connectivity index (χ3n) is 3.80. The highest BCUT2D eigenvalue weighted by molar-refractivity contribution is 7.99. The number of thioether (sulfide) groups is 1. The summed E-state index contributed by atoms with van der Waals surface area (Å²) in [5.41, 5.74) is 7.64. The number of rotatable bonds is 4. The summed E-state index contributed by atoms with van der Waals surface area (Å²) in [4.78, 5) is 2.58. The highest BCUT2D eigenvalue weighted by atomic mass is 32.2. The van der Waals surface area contributed by atoms with Crippen LogP contribution in [-0.4, -0.2) is 35.0 Å². The summed E-state index contributed by atoms with van der Waals surface area (Å²) in [6, 6.07) is 10.7. The van der Waals surface area contributed by atoms with E-state index in [1.807, 2.05) is 11.8 Å². The standard InChI is InChI=1S/C14H22N2S/c1-2-14(11-15)12-17-9-8-16(14)10-13-6-4-3-5-7-13/h3-7H,2,8-12,15H2,1H3. The molecule has 1 atom stereocenters. The zero-order chi connectivity index (χ0) is 12.1. The van der Waals surface area contributed by atoms with Crippen molar-refractivity contribution in [2.75, 3.05) is 24.6 Å². The smallest absolute Gasteiger partial charge is 0.0423 e. The lowest BCUT2D eigenvalue weighted by atomic mass is 9.95. The van der Waals surface area contributed by atoms with Gasteiger partial charge in [-0.05, 0) is 12.0 Å². The molecule has 2 N–H and O–H groups in total. The molecule has 1 aromatic rings. The van der Waals surface area contributed by atoms with E-state index >= 15 is 0 Å². The molecule has 0 saturated carbocycles. The maximum absolute atomic E-state index is 6.04. The number of hydrogen-bond acceptors (Lipinski definition) is 3. The lowest BCUT2D eigenvalue weighted by Gasteiger charge is -2.46. The third-order valence-corrected chi connectivity index (χ3v) is 5.01. The third kappa shape index (κ3) is 2.84. The van der Waals surface area contributed by atoms with Crippen molar-refractivity contribution in [1.82, 2.24) is 4.90 Å². The molecule has 17 heavy (non-hydrogen) atoms. The second-order valence-corrected chi connectivity index (χ2v) is 5.85. The van der Waals surface area contributed by atoms with Crippen LogP contribution in [0.2, 0.25) is 0 Å².